The fraction of sp³-hybridized carbons (Fsp3) is 0.625. The van der Waals surface area contributed by atoms with Crippen LogP contribution in [0.5, 0.6) is 0 Å². The number of aryl methyl sites for hydroxylation is 1. The molecule has 0 radical (unpaired) electrons. The Morgan fingerprint density at radius 2 is 1.84 bits per heavy atom. The number of nitrogens with one attached hydrogen (secondary N) is 1. The number of nitrogens with zero attached hydrogens (tertiary/aromatic N) is 4. The lowest BCUT2D eigenvalue weighted by molar-refractivity contribution is -0.137. The maximum atomic E-state index is 12.5. The van der Waals surface area contributed by atoms with Crippen LogP contribution in [-0.4, -0.2) is 73.5 Å². The highest BCUT2D eigenvalue weighted by Gasteiger charge is 2.42. The van der Waals surface area contributed by atoms with E-state index in [1.807, 2.05) is 4.90 Å². The van der Waals surface area contributed by atoms with Crippen LogP contribution < -0.4 is 5.32 Å². The van der Waals surface area contributed by atoms with Gasteiger partial charge in [-0.2, -0.15) is 35.5 Å². The molecule has 3 aliphatic heterocycles. The zero-order valence-corrected chi connectivity index (χ0v) is 21.5. The second-order valence-electron chi connectivity index (χ2n) is 9.52. The van der Waals surface area contributed by atoms with Crippen molar-refractivity contribution in [1.29, 1.82) is 5.26 Å². The first-order chi connectivity index (χ1) is 17.5. The van der Waals surface area contributed by atoms with Gasteiger partial charge < -0.3 is 10.2 Å². The Morgan fingerprint density at radius 1 is 1.16 bits per heavy atom. The molecule has 2 amide bonds. The average molecular weight is 546 g/mol. The maximum absolute atomic E-state index is 12.5. The second-order valence-corrected chi connectivity index (χ2v) is 11.4. The van der Waals surface area contributed by atoms with Gasteiger partial charge in [0.25, 0.3) is 10.2 Å². The van der Waals surface area contributed by atoms with Gasteiger partial charge in [-0.3, -0.25) is 9.59 Å². The molecule has 0 aliphatic carbocycles. The first-order valence-electron chi connectivity index (χ1n) is 12.2. The minimum atomic E-state index is -4.32. The van der Waals surface area contributed by atoms with Crippen LogP contribution in [0.3, 0.4) is 0 Å². The summed E-state index contributed by atoms with van der Waals surface area (Å²) in [5.41, 5.74) is 0.518. The van der Waals surface area contributed by atoms with Crippen molar-refractivity contribution in [2.24, 2.45) is 11.8 Å². The van der Waals surface area contributed by atoms with E-state index in [1.54, 1.807) is 6.92 Å². The van der Waals surface area contributed by atoms with Gasteiger partial charge >= 0.3 is 6.18 Å². The Bertz CT molecular complexity index is 1120. The smallest absolute Gasteiger partial charge is 0.355 e. The molecular formula is C24H34F3N5O4S. The number of benzene rings is 1. The molecule has 3 aliphatic rings. The zero-order valence-electron chi connectivity index (χ0n) is 20.7. The number of piperidine rings is 1. The Kier molecular flexibility index (Phi) is 9.55. The normalized spacial score (nSPS) is 21.4. The summed E-state index contributed by atoms with van der Waals surface area (Å²) < 4.78 is 64.7. The Hall–Kier alpha value is -2.69. The van der Waals surface area contributed by atoms with E-state index in [9.17, 15) is 31.2 Å². The van der Waals surface area contributed by atoms with Gasteiger partial charge in [-0.15, -0.1) is 0 Å². The van der Waals surface area contributed by atoms with Crippen LogP contribution in [0.4, 0.5) is 13.2 Å². The van der Waals surface area contributed by atoms with E-state index in [1.165, 1.54) is 14.7 Å². The molecule has 1 aromatic rings. The number of carbonyl (C=O) groups excluding carboxylic acids is 2. The lowest BCUT2D eigenvalue weighted by Crippen LogP contribution is -2.57. The molecular weight excluding hydrogens is 511 g/mol. The monoisotopic (exact) mass is 545 g/mol. The molecule has 4 rings (SSSR count). The van der Waals surface area contributed by atoms with Crippen LogP contribution in [0.1, 0.15) is 43.8 Å². The van der Waals surface area contributed by atoms with Crippen molar-refractivity contribution >= 4 is 22.5 Å². The molecule has 206 valence electrons. The Morgan fingerprint density at radius 3 is 2.41 bits per heavy atom. The standard InChI is InChI=1S/C14H22N4O3S.C10H10F3NO.H2/c15-8-12-9-18(10-12)22(20,21)17-7-3-4-13(11-17)14(19)16-5-1-2-6-16;1-7-4-9(10(11,12)13)3-2-8(7)5-14-6-15;/h12-13H,1-7,9-11H2;2-4,6H,5H2,1H3,(H,14,15);1H/t13-;;/m0../s1. The van der Waals surface area contributed by atoms with E-state index in [2.05, 4.69) is 11.4 Å². The van der Waals surface area contributed by atoms with E-state index in [-0.39, 0.29) is 45.3 Å². The summed E-state index contributed by atoms with van der Waals surface area (Å²) in [5.74, 6) is -0.299. The van der Waals surface area contributed by atoms with Crippen molar-refractivity contribution in [1.82, 2.24) is 18.8 Å². The predicted octanol–water partition coefficient (Wildman–Crippen LogP) is 2.53. The second kappa shape index (κ2) is 12.2. The highest BCUT2D eigenvalue weighted by atomic mass is 32.2. The number of likely N-dealkylation sites (tertiary alicyclic amines) is 1. The van der Waals surface area contributed by atoms with Crippen molar-refractivity contribution in [2.45, 2.75) is 45.3 Å². The summed E-state index contributed by atoms with van der Waals surface area (Å²) in [7, 11) is -3.51. The molecule has 3 saturated heterocycles. The number of hydrogen-bond acceptors (Lipinski definition) is 5. The van der Waals surface area contributed by atoms with Gasteiger partial charge in [-0.1, -0.05) is 6.07 Å². The fourth-order valence-electron chi connectivity index (χ4n) is 4.64. The SMILES string of the molecule is Cc1cc(C(F)(F)F)ccc1CNC=O.N#CC1CN(S(=O)(=O)N2CCC[C@H](C(=O)N3CCCC3)C2)C1.[HH]. The number of amides is 2. The summed E-state index contributed by atoms with van der Waals surface area (Å²) >= 11 is 0. The van der Waals surface area contributed by atoms with Crippen molar-refractivity contribution < 1.29 is 32.6 Å². The molecule has 0 bridgehead atoms. The highest BCUT2D eigenvalue weighted by molar-refractivity contribution is 7.86. The highest BCUT2D eigenvalue weighted by Crippen LogP contribution is 2.30. The molecule has 9 nitrogen and oxygen atoms in total. The molecule has 1 atom stereocenters. The molecule has 1 aromatic carbocycles. The van der Waals surface area contributed by atoms with Crippen molar-refractivity contribution in [3.05, 3.63) is 34.9 Å². The van der Waals surface area contributed by atoms with E-state index < -0.39 is 21.9 Å². The predicted molar refractivity (Wildman–Crippen MR) is 131 cm³/mol. The number of alkyl halides is 3. The minimum Gasteiger partial charge on any atom is -0.355 e. The van der Waals surface area contributed by atoms with Gasteiger partial charge in [0.2, 0.25) is 12.3 Å². The molecule has 0 saturated carbocycles. The summed E-state index contributed by atoms with van der Waals surface area (Å²) in [6, 6.07) is 5.53. The van der Waals surface area contributed by atoms with Crippen molar-refractivity contribution in [3.63, 3.8) is 0 Å². The molecule has 0 unspecified atom stereocenters. The van der Waals surface area contributed by atoms with Crippen LogP contribution >= 0.6 is 0 Å². The third-order valence-electron chi connectivity index (χ3n) is 6.88. The molecule has 3 heterocycles. The van der Waals surface area contributed by atoms with E-state index >= 15 is 0 Å². The average Bonchev–Trinajstić information content (AvgIpc) is 3.37. The van der Waals surface area contributed by atoms with Crippen molar-refractivity contribution in [3.8, 4) is 6.07 Å². The number of halogens is 3. The molecule has 3 fully saturated rings. The number of rotatable bonds is 6. The van der Waals surface area contributed by atoms with Crippen LogP contribution in [0.25, 0.3) is 0 Å². The summed E-state index contributed by atoms with van der Waals surface area (Å²) in [4.78, 5) is 24.4. The maximum Gasteiger partial charge on any atom is 0.416 e. The van der Waals surface area contributed by atoms with Crippen molar-refractivity contribution in [2.75, 3.05) is 39.3 Å². The first kappa shape index (κ1) is 28.9. The molecule has 0 spiro atoms. The fourth-order valence-corrected chi connectivity index (χ4v) is 6.43. The summed E-state index contributed by atoms with van der Waals surface area (Å²) in [5, 5.41) is 11.2. The summed E-state index contributed by atoms with van der Waals surface area (Å²) in [6.45, 7) is 4.74. The molecule has 0 aromatic heterocycles. The number of nitriles is 1. The lowest BCUT2D eigenvalue weighted by atomic mass is 9.98. The van der Waals surface area contributed by atoms with Crippen LogP contribution in [-0.2, 0) is 32.5 Å². The molecule has 37 heavy (non-hydrogen) atoms. The van der Waals surface area contributed by atoms with Crippen LogP contribution in [0.2, 0.25) is 0 Å². The van der Waals surface area contributed by atoms with Crippen LogP contribution in [0, 0.1) is 30.1 Å². The van der Waals surface area contributed by atoms with Gasteiger partial charge in [0.15, 0.2) is 0 Å². The Balaban J connectivity index is 0.000000280. The lowest BCUT2D eigenvalue weighted by Gasteiger charge is -2.40. The number of carbonyl (C=O) groups is 2. The third-order valence-corrected chi connectivity index (χ3v) is 8.82. The Labute approximate surface area is 216 Å². The third kappa shape index (κ3) is 7.21. The minimum absolute atomic E-state index is 0. The zero-order chi connectivity index (χ0) is 27.2. The van der Waals surface area contributed by atoms with Gasteiger partial charge in [0.05, 0.1) is 23.5 Å². The van der Waals surface area contributed by atoms with Gasteiger partial charge in [-0.25, -0.2) is 0 Å². The van der Waals surface area contributed by atoms with E-state index in [0.29, 0.717) is 24.1 Å². The van der Waals surface area contributed by atoms with E-state index in [0.717, 1.165) is 50.9 Å². The van der Waals surface area contributed by atoms with Gasteiger partial charge in [-0.05, 0) is 55.9 Å². The van der Waals surface area contributed by atoms with Gasteiger partial charge in [0.1, 0.15) is 0 Å². The molecule has 13 heteroatoms. The largest absolute Gasteiger partial charge is 0.416 e. The topological polar surface area (TPSA) is 114 Å². The number of hydrogen-bond donors (Lipinski definition) is 1. The van der Waals surface area contributed by atoms with Crippen LogP contribution in [0.15, 0.2) is 18.2 Å². The van der Waals surface area contributed by atoms with Gasteiger partial charge in [0, 0.05) is 47.2 Å². The molecule has 1 N–H and O–H groups in total. The first-order valence-corrected chi connectivity index (χ1v) is 13.6. The summed E-state index contributed by atoms with van der Waals surface area (Å²) in [6.07, 6.45) is -0.229. The van der Waals surface area contributed by atoms with E-state index in [4.69, 9.17) is 5.26 Å². The quantitative estimate of drug-likeness (QED) is 0.552.